The number of nitrogens with one attached hydrogen (secondary N) is 1. The fourth-order valence-corrected chi connectivity index (χ4v) is 1.99. The number of nitrogens with zero attached hydrogens (tertiary/aromatic N) is 2. The fraction of sp³-hybridized carbons (Fsp3) is 0.700. The third-order valence-corrected chi connectivity index (χ3v) is 2.83. The molecule has 1 saturated heterocycles. The first-order chi connectivity index (χ1) is 6.79. The minimum Gasteiger partial charge on any atom is -0.327 e. The molecule has 1 aromatic rings. The fourth-order valence-electron chi connectivity index (χ4n) is 1.99. The highest BCUT2D eigenvalue weighted by Gasteiger charge is 2.21. The lowest BCUT2D eigenvalue weighted by Crippen LogP contribution is -2.43. The molecular formula is C10H18N4. The first kappa shape index (κ1) is 9.68. The molecule has 4 heteroatoms. The van der Waals surface area contributed by atoms with Crippen LogP contribution in [0.5, 0.6) is 0 Å². The van der Waals surface area contributed by atoms with Gasteiger partial charge >= 0.3 is 0 Å². The van der Waals surface area contributed by atoms with E-state index in [0.29, 0.717) is 12.0 Å². The third-order valence-electron chi connectivity index (χ3n) is 2.83. The second kappa shape index (κ2) is 4.11. The van der Waals surface area contributed by atoms with E-state index in [0.717, 1.165) is 26.1 Å². The van der Waals surface area contributed by atoms with E-state index in [1.807, 2.05) is 10.9 Å². The molecule has 0 saturated carbocycles. The number of piperidine rings is 1. The Hall–Kier alpha value is -0.870. The number of rotatable bonds is 2. The topological polar surface area (TPSA) is 55.9 Å². The van der Waals surface area contributed by atoms with Crippen LogP contribution in [0.1, 0.15) is 24.8 Å². The Labute approximate surface area is 84.5 Å². The molecule has 0 aliphatic carbocycles. The number of hydrogen-bond donors (Lipinski definition) is 2. The van der Waals surface area contributed by atoms with Crippen molar-refractivity contribution in [3.05, 3.63) is 18.0 Å². The van der Waals surface area contributed by atoms with E-state index < -0.39 is 0 Å². The van der Waals surface area contributed by atoms with Crippen molar-refractivity contribution in [3.8, 4) is 0 Å². The van der Waals surface area contributed by atoms with E-state index in [-0.39, 0.29) is 0 Å². The van der Waals surface area contributed by atoms with Crippen LogP contribution in [0.4, 0.5) is 0 Å². The smallest absolute Gasteiger partial charge is 0.0525 e. The molecule has 2 heterocycles. The second-order valence-electron chi connectivity index (χ2n) is 3.98. The largest absolute Gasteiger partial charge is 0.327 e. The summed E-state index contributed by atoms with van der Waals surface area (Å²) in [4.78, 5) is 0. The van der Waals surface area contributed by atoms with Crippen LogP contribution in [0.3, 0.4) is 0 Å². The van der Waals surface area contributed by atoms with Gasteiger partial charge in [0.2, 0.25) is 0 Å². The summed E-state index contributed by atoms with van der Waals surface area (Å²) in [7, 11) is 0. The zero-order valence-corrected chi connectivity index (χ0v) is 8.61. The van der Waals surface area contributed by atoms with Crippen LogP contribution >= 0.6 is 0 Å². The predicted molar refractivity (Wildman–Crippen MR) is 56.1 cm³/mol. The molecule has 3 N–H and O–H groups in total. The van der Waals surface area contributed by atoms with Gasteiger partial charge in [-0.3, -0.25) is 4.68 Å². The van der Waals surface area contributed by atoms with Crippen LogP contribution < -0.4 is 11.1 Å². The summed E-state index contributed by atoms with van der Waals surface area (Å²) in [5.74, 6) is 0.541. The second-order valence-corrected chi connectivity index (χ2v) is 3.98. The molecule has 0 bridgehead atoms. The average Bonchev–Trinajstić information content (AvgIpc) is 2.66. The molecule has 4 nitrogen and oxygen atoms in total. The highest BCUT2D eigenvalue weighted by Crippen LogP contribution is 2.21. The molecule has 2 unspecified atom stereocenters. The summed E-state index contributed by atoms with van der Waals surface area (Å²) in [6, 6.07) is 0.290. The molecule has 0 aromatic carbocycles. The average molecular weight is 194 g/mol. The van der Waals surface area contributed by atoms with Gasteiger partial charge in [-0.25, -0.2) is 0 Å². The van der Waals surface area contributed by atoms with E-state index in [1.165, 1.54) is 5.56 Å². The lowest BCUT2D eigenvalue weighted by atomic mass is 9.91. The van der Waals surface area contributed by atoms with Gasteiger partial charge < -0.3 is 11.1 Å². The van der Waals surface area contributed by atoms with Crippen molar-refractivity contribution in [1.82, 2.24) is 15.1 Å². The highest BCUT2D eigenvalue weighted by molar-refractivity contribution is 5.13. The van der Waals surface area contributed by atoms with Crippen molar-refractivity contribution in [1.29, 1.82) is 0 Å². The van der Waals surface area contributed by atoms with E-state index in [1.54, 1.807) is 0 Å². The van der Waals surface area contributed by atoms with E-state index in [4.69, 9.17) is 5.73 Å². The third kappa shape index (κ3) is 1.96. The maximum atomic E-state index is 5.91. The Balaban J connectivity index is 2.06. The van der Waals surface area contributed by atoms with Crippen LogP contribution in [0.25, 0.3) is 0 Å². The van der Waals surface area contributed by atoms with Crippen molar-refractivity contribution in [3.63, 3.8) is 0 Å². The van der Waals surface area contributed by atoms with Gasteiger partial charge in [0, 0.05) is 37.8 Å². The molecule has 0 radical (unpaired) electrons. The first-order valence-electron chi connectivity index (χ1n) is 5.28. The minimum atomic E-state index is 0.290. The summed E-state index contributed by atoms with van der Waals surface area (Å²) < 4.78 is 1.97. The number of nitrogens with two attached hydrogens (primary N) is 1. The lowest BCUT2D eigenvalue weighted by molar-refractivity contribution is 0.411. The highest BCUT2D eigenvalue weighted by atomic mass is 15.3. The normalized spacial score (nSPS) is 27.9. The molecule has 1 aliphatic heterocycles. The minimum absolute atomic E-state index is 0.290. The summed E-state index contributed by atoms with van der Waals surface area (Å²) in [6.45, 7) is 5.01. The molecule has 2 atom stereocenters. The maximum absolute atomic E-state index is 5.91. The van der Waals surface area contributed by atoms with Crippen molar-refractivity contribution >= 4 is 0 Å². The molecule has 0 spiro atoms. The Bertz CT molecular complexity index is 294. The standard InChI is InChI=1S/C10H18N4/c1-2-14-7-9(5-13-14)8-3-10(11)6-12-4-8/h5,7-8,10,12H,2-4,6,11H2,1H3. The number of hydrogen-bond acceptors (Lipinski definition) is 3. The molecule has 1 fully saturated rings. The summed E-state index contributed by atoms with van der Waals surface area (Å²) in [5.41, 5.74) is 7.23. The van der Waals surface area contributed by atoms with E-state index in [2.05, 4.69) is 23.5 Å². The first-order valence-corrected chi connectivity index (χ1v) is 5.28. The van der Waals surface area contributed by atoms with Gasteiger partial charge in [0.25, 0.3) is 0 Å². The van der Waals surface area contributed by atoms with E-state index >= 15 is 0 Å². The van der Waals surface area contributed by atoms with Gasteiger partial charge in [-0.05, 0) is 18.9 Å². The van der Waals surface area contributed by atoms with Crippen molar-refractivity contribution in [2.75, 3.05) is 13.1 Å². The molecule has 14 heavy (non-hydrogen) atoms. The SMILES string of the molecule is CCn1cc(C2CNCC(N)C2)cn1. The monoisotopic (exact) mass is 194 g/mol. The number of aryl methyl sites for hydroxylation is 1. The molecule has 1 aliphatic rings. The lowest BCUT2D eigenvalue weighted by Gasteiger charge is -2.26. The van der Waals surface area contributed by atoms with Gasteiger partial charge in [0.15, 0.2) is 0 Å². The Morgan fingerprint density at radius 1 is 1.64 bits per heavy atom. The molecular weight excluding hydrogens is 176 g/mol. The Morgan fingerprint density at radius 3 is 3.14 bits per heavy atom. The van der Waals surface area contributed by atoms with Gasteiger partial charge in [-0.2, -0.15) is 5.10 Å². The van der Waals surface area contributed by atoms with Gasteiger partial charge in [-0.1, -0.05) is 0 Å². The quantitative estimate of drug-likeness (QED) is 0.712. The van der Waals surface area contributed by atoms with Crippen LogP contribution in [-0.2, 0) is 6.54 Å². The Morgan fingerprint density at radius 2 is 2.50 bits per heavy atom. The van der Waals surface area contributed by atoms with E-state index in [9.17, 15) is 0 Å². The zero-order valence-electron chi connectivity index (χ0n) is 8.61. The van der Waals surface area contributed by atoms with Gasteiger partial charge in [-0.15, -0.1) is 0 Å². The number of aromatic nitrogens is 2. The van der Waals surface area contributed by atoms with Crippen molar-refractivity contribution in [2.24, 2.45) is 5.73 Å². The zero-order chi connectivity index (χ0) is 9.97. The predicted octanol–water partition coefficient (Wildman–Crippen LogP) is 0.307. The molecule has 78 valence electrons. The summed E-state index contributed by atoms with van der Waals surface area (Å²) >= 11 is 0. The van der Waals surface area contributed by atoms with Crippen LogP contribution in [0.2, 0.25) is 0 Å². The van der Waals surface area contributed by atoms with Gasteiger partial charge in [0.1, 0.15) is 0 Å². The molecule has 2 rings (SSSR count). The van der Waals surface area contributed by atoms with Crippen molar-refractivity contribution < 1.29 is 0 Å². The van der Waals surface area contributed by atoms with Crippen LogP contribution in [0.15, 0.2) is 12.4 Å². The van der Waals surface area contributed by atoms with Crippen molar-refractivity contribution in [2.45, 2.75) is 31.8 Å². The van der Waals surface area contributed by atoms with Crippen LogP contribution in [0, 0.1) is 0 Å². The van der Waals surface area contributed by atoms with Crippen LogP contribution in [-0.4, -0.2) is 28.9 Å². The summed E-state index contributed by atoms with van der Waals surface area (Å²) in [6.07, 6.45) is 5.17. The van der Waals surface area contributed by atoms with Gasteiger partial charge in [0.05, 0.1) is 6.20 Å². The summed E-state index contributed by atoms with van der Waals surface area (Å²) in [5, 5.41) is 7.63. The molecule has 0 amide bonds. The maximum Gasteiger partial charge on any atom is 0.0525 e. The Kier molecular flexibility index (Phi) is 2.84. The molecule has 1 aromatic heterocycles.